The number of ether oxygens (including phenoxy) is 7. The van der Waals surface area contributed by atoms with E-state index in [1.807, 2.05) is 6.92 Å². The van der Waals surface area contributed by atoms with Crippen molar-refractivity contribution in [1.82, 2.24) is 0 Å². The van der Waals surface area contributed by atoms with E-state index in [-0.39, 0.29) is 55.2 Å². The third-order valence-electron chi connectivity index (χ3n) is 15.8. The lowest BCUT2D eigenvalue weighted by molar-refractivity contribution is -0.336. The second-order valence-corrected chi connectivity index (χ2v) is 18.9. The molecule has 0 aromatic heterocycles. The van der Waals surface area contributed by atoms with Crippen LogP contribution in [0.5, 0.6) is 0 Å². The molecule has 0 bridgehead atoms. The number of hydrogen-bond acceptors (Lipinski definition) is 14. The van der Waals surface area contributed by atoms with E-state index in [4.69, 9.17) is 33.2 Å². The van der Waals surface area contributed by atoms with E-state index in [0.717, 1.165) is 50.5 Å². The molecule has 0 spiro atoms. The Morgan fingerprint density at radius 3 is 1.87 bits per heavy atom. The number of aliphatic hydroxyl groups excluding tert-OH is 5. The Bertz CT molecular complexity index is 1410. The smallest absolute Gasteiger partial charge is 0.331 e. The SMILES string of the molecule is C[C@H]1O[C@@H](O[C@@H]2[C@H](O)C[C@@H](O[C@@H]3[C@H](O)C[C@@H](O[C@H]4CC[C@@]5(C)[C@@H](CC[C@H]6[C@H]5CC[C@]5(C)[C@H](C7=CC(=O)OC7)[C@H](O)C[C@]65O)C4)O[C@@H]3C)O[C@@H]2C)C[C@H](O)[C@H]1O. The summed E-state index contributed by atoms with van der Waals surface area (Å²) in [6.45, 7) is 9.98. The van der Waals surface area contributed by atoms with E-state index >= 15 is 0 Å². The third-order valence-corrected chi connectivity index (χ3v) is 15.8. The van der Waals surface area contributed by atoms with Crippen molar-refractivity contribution in [3.63, 3.8) is 0 Å². The van der Waals surface area contributed by atoms with Crippen LogP contribution in [0.2, 0.25) is 0 Å². The maximum atomic E-state index is 12.6. The maximum Gasteiger partial charge on any atom is 0.331 e. The molecule has 55 heavy (non-hydrogen) atoms. The topological polar surface area (TPSA) is 203 Å². The molecule has 0 amide bonds. The Hall–Kier alpha value is -1.27. The van der Waals surface area contributed by atoms with Crippen molar-refractivity contribution in [1.29, 1.82) is 0 Å². The van der Waals surface area contributed by atoms with E-state index < -0.39 is 90.9 Å². The third kappa shape index (κ3) is 7.05. The summed E-state index contributed by atoms with van der Waals surface area (Å²) >= 11 is 0. The Morgan fingerprint density at radius 1 is 0.691 bits per heavy atom. The highest BCUT2D eigenvalue weighted by atomic mass is 16.7. The summed E-state index contributed by atoms with van der Waals surface area (Å²) in [6.07, 6.45) is -1.26. The molecule has 0 radical (unpaired) electrons. The average molecular weight is 781 g/mol. The molecule has 4 heterocycles. The van der Waals surface area contributed by atoms with Crippen molar-refractivity contribution in [2.24, 2.45) is 34.5 Å². The summed E-state index contributed by atoms with van der Waals surface area (Å²) < 4.78 is 42.1. The second-order valence-electron chi connectivity index (χ2n) is 18.9. The number of fused-ring (bicyclic) bond motifs is 5. The fourth-order valence-corrected chi connectivity index (χ4v) is 12.9. The number of cyclic esters (lactones) is 1. The summed E-state index contributed by atoms with van der Waals surface area (Å²) in [7, 11) is 0. The molecular weight excluding hydrogens is 716 g/mol. The van der Waals surface area contributed by atoms with Crippen LogP contribution in [0.25, 0.3) is 0 Å². The summed E-state index contributed by atoms with van der Waals surface area (Å²) in [5, 5.41) is 66.3. The molecule has 0 unspecified atom stereocenters. The van der Waals surface area contributed by atoms with Gasteiger partial charge in [-0.05, 0) is 94.5 Å². The van der Waals surface area contributed by atoms with Crippen LogP contribution >= 0.6 is 0 Å². The molecule has 4 saturated carbocycles. The van der Waals surface area contributed by atoms with E-state index in [1.165, 1.54) is 6.08 Å². The lowest BCUT2D eigenvalue weighted by atomic mass is 9.43. The van der Waals surface area contributed by atoms with Gasteiger partial charge in [0.05, 0.1) is 54.4 Å². The number of esters is 1. The minimum absolute atomic E-state index is 0.0203. The van der Waals surface area contributed by atoms with E-state index in [0.29, 0.717) is 18.3 Å². The van der Waals surface area contributed by atoms with Crippen LogP contribution in [-0.2, 0) is 38.0 Å². The first-order valence-corrected chi connectivity index (χ1v) is 20.9. The maximum absolute atomic E-state index is 12.6. The van der Waals surface area contributed by atoms with Crippen LogP contribution < -0.4 is 0 Å². The summed E-state index contributed by atoms with van der Waals surface area (Å²) in [5.41, 5.74) is -0.686. The van der Waals surface area contributed by atoms with Crippen molar-refractivity contribution in [3.05, 3.63) is 11.6 Å². The Kier molecular flexibility index (Phi) is 11.1. The highest BCUT2D eigenvalue weighted by molar-refractivity contribution is 5.85. The lowest BCUT2D eigenvalue weighted by Gasteiger charge is -2.63. The zero-order valence-corrected chi connectivity index (χ0v) is 32.9. The number of carbonyl (C=O) groups is 1. The predicted molar refractivity (Wildman–Crippen MR) is 193 cm³/mol. The standard InChI is InChI=1S/C41H64O14/c1-19-36(47)27(42)14-33(50-19)54-38-21(3)52-34(16-29(38)44)55-37-20(2)51-32(15-28(37)43)53-24-8-10-39(4)23(13-24)6-7-26-25(39)9-11-40(5)35(22-12-31(46)49-18-22)30(45)17-41(26,40)48/h12,19-21,23-30,32-38,42-45,47-48H,6-11,13-18H2,1-5H3/t19-,20-,21-,23+,24+,25-,26+,27+,28-,29-,30-,32-,33+,34-,35-,36+,37+,38+,39+,40-,41+/m1/s1. The van der Waals surface area contributed by atoms with Gasteiger partial charge in [0.2, 0.25) is 0 Å². The number of aliphatic hydroxyl groups is 6. The summed E-state index contributed by atoms with van der Waals surface area (Å²) in [5.74, 6) is 0.174. The van der Waals surface area contributed by atoms with Gasteiger partial charge >= 0.3 is 5.97 Å². The molecule has 4 aliphatic carbocycles. The van der Waals surface area contributed by atoms with Gasteiger partial charge in [-0.3, -0.25) is 0 Å². The molecular formula is C41H64O14. The van der Waals surface area contributed by atoms with Crippen LogP contribution in [-0.4, -0.2) is 135 Å². The van der Waals surface area contributed by atoms with E-state index in [1.54, 1.807) is 13.8 Å². The fraction of sp³-hybridized carbons (Fsp3) is 0.927. The molecule has 7 fully saturated rings. The van der Waals surface area contributed by atoms with Crippen LogP contribution in [0.1, 0.15) is 105 Å². The number of hydrogen-bond donors (Lipinski definition) is 6. The first-order valence-electron chi connectivity index (χ1n) is 20.9. The van der Waals surface area contributed by atoms with E-state index in [2.05, 4.69) is 13.8 Å². The fourth-order valence-electron chi connectivity index (χ4n) is 12.9. The first-order chi connectivity index (χ1) is 26.0. The minimum Gasteiger partial charge on any atom is -0.458 e. The molecule has 312 valence electrons. The number of rotatable bonds is 7. The van der Waals surface area contributed by atoms with Gasteiger partial charge < -0.3 is 63.8 Å². The van der Waals surface area contributed by atoms with Crippen LogP contribution in [0.15, 0.2) is 11.6 Å². The Labute approximate surface area is 323 Å². The Morgan fingerprint density at radius 2 is 1.29 bits per heavy atom. The molecule has 0 aromatic rings. The normalized spacial score (nSPS) is 55.5. The summed E-state index contributed by atoms with van der Waals surface area (Å²) in [6, 6.07) is 0. The zero-order valence-electron chi connectivity index (χ0n) is 32.9. The molecule has 14 nitrogen and oxygen atoms in total. The van der Waals surface area contributed by atoms with Crippen LogP contribution in [0.3, 0.4) is 0 Å². The van der Waals surface area contributed by atoms with Gasteiger partial charge in [-0.25, -0.2) is 4.79 Å². The van der Waals surface area contributed by atoms with Crippen molar-refractivity contribution in [2.75, 3.05) is 6.61 Å². The van der Waals surface area contributed by atoms with Gasteiger partial charge in [0.15, 0.2) is 18.9 Å². The quantitative estimate of drug-likeness (QED) is 0.162. The molecule has 4 aliphatic heterocycles. The van der Waals surface area contributed by atoms with Crippen molar-refractivity contribution in [3.8, 4) is 0 Å². The van der Waals surface area contributed by atoms with Crippen LogP contribution in [0, 0.1) is 34.5 Å². The molecule has 14 heteroatoms. The van der Waals surface area contributed by atoms with Crippen LogP contribution in [0.4, 0.5) is 0 Å². The van der Waals surface area contributed by atoms with Crippen molar-refractivity contribution >= 4 is 5.97 Å². The predicted octanol–water partition coefficient (Wildman–Crippen LogP) is 2.22. The molecule has 6 N–H and O–H groups in total. The van der Waals surface area contributed by atoms with Gasteiger partial charge in [0.25, 0.3) is 0 Å². The molecule has 0 aromatic carbocycles. The van der Waals surface area contributed by atoms with Crippen molar-refractivity contribution < 1.29 is 68.6 Å². The van der Waals surface area contributed by atoms with Gasteiger partial charge in [-0.1, -0.05) is 13.8 Å². The largest absolute Gasteiger partial charge is 0.458 e. The zero-order chi connectivity index (χ0) is 39.2. The lowest BCUT2D eigenvalue weighted by Crippen LogP contribution is -2.62. The molecule has 21 atom stereocenters. The molecule has 8 rings (SSSR count). The van der Waals surface area contributed by atoms with Gasteiger partial charge in [0.1, 0.15) is 24.9 Å². The van der Waals surface area contributed by atoms with Gasteiger partial charge in [0, 0.05) is 43.1 Å². The van der Waals surface area contributed by atoms with E-state index in [9.17, 15) is 35.4 Å². The average Bonchev–Trinajstić information content (AvgIpc) is 3.62. The van der Waals surface area contributed by atoms with Gasteiger partial charge in [-0.2, -0.15) is 0 Å². The highest BCUT2D eigenvalue weighted by Crippen LogP contribution is 2.70. The highest BCUT2D eigenvalue weighted by Gasteiger charge is 2.70. The first kappa shape index (κ1) is 40.5. The molecule has 8 aliphatic rings. The van der Waals surface area contributed by atoms with Crippen molar-refractivity contribution in [2.45, 2.75) is 197 Å². The monoisotopic (exact) mass is 780 g/mol. The molecule has 3 saturated heterocycles. The number of carbonyl (C=O) groups excluding carboxylic acids is 1. The minimum atomic E-state index is -1.01. The van der Waals surface area contributed by atoms with Gasteiger partial charge in [-0.15, -0.1) is 0 Å². The second kappa shape index (κ2) is 15.1. The Balaban J connectivity index is 0.834. The summed E-state index contributed by atoms with van der Waals surface area (Å²) in [4.78, 5) is 12.0.